The van der Waals surface area contributed by atoms with Gasteiger partial charge in [-0.25, -0.2) is 4.98 Å². The van der Waals surface area contributed by atoms with E-state index in [1.165, 1.54) is 16.0 Å². The summed E-state index contributed by atoms with van der Waals surface area (Å²) in [6.45, 7) is 0. The van der Waals surface area contributed by atoms with Gasteiger partial charge >= 0.3 is 0 Å². The average molecular weight is 350 g/mol. The predicted molar refractivity (Wildman–Crippen MR) is 99.4 cm³/mol. The van der Waals surface area contributed by atoms with Crippen LogP contribution in [0.15, 0.2) is 53.3 Å². The van der Waals surface area contributed by atoms with Crippen LogP contribution in [0.3, 0.4) is 0 Å². The molecule has 0 bridgehead atoms. The van der Waals surface area contributed by atoms with E-state index in [1.54, 1.807) is 7.11 Å². The Bertz CT molecular complexity index is 1110. The molecule has 0 amide bonds. The molecule has 0 saturated carbocycles. The lowest BCUT2D eigenvalue weighted by Gasteiger charge is -2.03. The second-order valence-electron chi connectivity index (χ2n) is 5.38. The summed E-state index contributed by atoms with van der Waals surface area (Å²) in [5.41, 5.74) is 2.16. The standard InChI is InChI=1S/C18H14N4O2S/c1-24-12-6-4-5-11(9-12)16-13(10-19)17(23)22(21-16)18-20-14-7-2-3-8-15(14)25-18/h2-10,19,21H,1H3. The number of benzene rings is 2. The first-order chi connectivity index (χ1) is 12.2. The minimum absolute atomic E-state index is 0.285. The average Bonchev–Trinajstić information content (AvgIpc) is 3.22. The molecule has 0 spiro atoms. The van der Waals surface area contributed by atoms with Crippen LogP contribution in [0.1, 0.15) is 5.56 Å². The Morgan fingerprint density at radius 2 is 2.08 bits per heavy atom. The van der Waals surface area contributed by atoms with E-state index in [4.69, 9.17) is 10.1 Å². The largest absolute Gasteiger partial charge is 0.497 e. The summed E-state index contributed by atoms with van der Waals surface area (Å²) in [4.78, 5) is 17.3. The van der Waals surface area contributed by atoms with Crippen molar-refractivity contribution in [2.75, 3.05) is 7.11 Å². The maximum absolute atomic E-state index is 12.7. The molecule has 2 heterocycles. The summed E-state index contributed by atoms with van der Waals surface area (Å²) in [6, 6.07) is 15.1. The van der Waals surface area contributed by atoms with Crippen LogP contribution in [0, 0.1) is 5.41 Å². The number of methoxy groups -OCH3 is 1. The monoisotopic (exact) mass is 350 g/mol. The van der Waals surface area contributed by atoms with E-state index in [-0.39, 0.29) is 11.1 Å². The molecule has 0 aliphatic rings. The van der Waals surface area contributed by atoms with Crippen molar-refractivity contribution in [3.63, 3.8) is 0 Å². The molecule has 2 N–H and O–H groups in total. The molecule has 0 unspecified atom stereocenters. The van der Waals surface area contributed by atoms with E-state index in [2.05, 4.69) is 10.1 Å². The number of thiazole rings is 1. The van der Waals surface area contributed by atoms with Crippen molar-refractivity contribution >= 4 is 27.8 Å². The first kappa shape index (κ1) is 15.3. The minimum Gasteiger partial charge on any atom is -0.497 e. The molecule has 25 heavy (non-hydrogen) atoms. The van der Waals surface area contributed by atoms with Crippen LogP contribution in [0.25, 0.3) is 26.6 Å². The molecule has 6 nitrogen and oxygen atoms in total. The van der Waals surface area contributed by atoms with Gasteiger partial charge < -0.3 is 10.1 Å². The fourth-order valence-corrected chi connectivity index (χ4v) is 3.60. The number of hydrogen-bond donors (Lipinski definition) is 2. The number of aromatic amines is 1. The van der Waals surface area contributed by atoms with Gasteiger partial charge in [0.15, 0.2) is 0 Å². The molecule has 4 aromatic rings. The van der Waals surface area contributed by atoms with Crippen LogP contribution < -0.4 is 10.3 Å². The van der Waals surface area contributed by atoms with Gasteiger partial charge in [0, 0.05) is 11.8 Å². The Morgan fingerprint density at radius 1 is 1.24 bits per heavy atom. The van der Waals surface area contributed by atoms with E-state index in [9.17, 15) is 4.79 Å². The molecule has 4 rings (SSSR count). The third-order valence-electron chi connectivity index (χ3n) is 3.90. The van der Waals surface area contributed by atoms with Crippen molar-refractivity contribution in [2.45, 2.75) is 0 Å². The summed E-state index contributed by atoms with van der Waals surface area (Å²) in [7, 11) is 1.59. The maximum Gasteiger partial charge on any atom is 0.282 e. The van der Waals surface area contributed by atoms with Gasteiger partial charge in [0.1, 0.15) is 5.75 Å². The number of H-pyrrole nitrogens is 1. The fraction of sp³-hybridized carbons (Fsp3) is 0.0556. The lowest BCUT2D eigenvalue weighted by atomic mass is 10.1. The highest BCUT2D eigenvalue weighted by Crippen LogP contribution is 2.27. The predicted octanol–water partition coefficient (Wildman–Crippen LogP) is 3.45. The summed E-state index contributed by atoms with van der Waals surface area (Å²) >= 11 is 1.42. The number of fused-ring (bicyclic) bond motifs is 1. The van der Waals surface area contributed by atoms with Crippen LogP contribution in [0.2, 0.25) is 0 Å². The maximum atomic E-state index is 12.7. The zero-order valence-electron chi connectivity index (χ0n) is 13.3. The number of nitrogens with zero attached hydrogens (tertiary/aromatic N) is 2. The zero-order valence-corrected chi connectivity index (χ0v) is 14.1. The highest BCUT2D eigenvalue weighted by molar-refractivity contribution is 7.20. The van der Waals surface area contributed by atoms with Crippen LogP contribution in [0.4, 0.5) is 0 Å². The van der Waals surface area contributed by atoms with Crippen molar-refractivity contribution < 1.29 is 4.74 Å². The topological polar surface area (TPSA) is 83.8 Å². The fourth-order valence-electron chi connectivity index (χ4n) is 2.67. The molecule has 124 valence electrons. The lowest BCUT2D eigenvalue weighted by molar-refractivity contribution is 0.415. The lowest BCUT2D eigenvalue weighted by Crippen LogP contribution is -2.16. The highest BCUT2D eigenvalue weighted by atomic mass is 32.1. The first-order valence-corrected chi connectivity index (χ1v) is 8.39. The minimum atomic E-state index is -0.299. The quantitative estimate of drug-likeness (QED) is 0.553. The zero-order chi connectivity index (χ0) is 17.4. The SMILES string of the molecule is COc1cccc(-c2[nH]n(-c3nc4ccccc4s3)c(=O)c2C=N)c1. The number of nitrogens with one attached hydrogen (secondary N) is 2. The van der Waals surface area contributed by atoms with E-state index in [1.807, 2.05) is 48.5 Å². The Labute approximate surface area is 146 Å². The first-order valence-electron chi connectivity index (χ1n) is 7.57. The van der Waals surface area contributed by atoms with Crippen LogP contribution in [-0.2, 0) is 0 Å². The van der Waals surface area contributed by atoms with Gasteiger partial charge in [-0.3, -0.25) is 9.89 Å². The van der Waals surface area contributed by atoms with Crippen molar-refractivity contribution in [3.05, 3.63) is 64.4 Å². The molecule has 2 aromatic heterocycles. The van der Waals surface area contributed by atoms with Crippen molar-refractivity contribution in [3.8, 4) is 22.1 Å². The van der Waals surface area contributed by atoms with E-state index in [0.717, 1.165) is 22.0 Å². The summed E-state index contributed by atoms with van der Waals surface area (Å²) in [5.74, 6) is 0.682. The number of ether oxygens (including phenoxy) is 1. The Hall–Kier alpha value is -3.19. The molecule has 0 aliphatic heterocycles. The van der Waals surface area contributed by atoms with Gasteiger partial charge in [-0.1, -0.05) is 35.6 Å². The second-order valence-corrected chi connectivity index (χ2v) is 6.39. The Morgan fingerprint density at radius 3 is 2.84 bits per heavy atom. The molecule has 2 aromatic carbocycles. The van der Waals surface area contributed by atoms with Crippen molar-refractivity contribution in [1.82, 2.24) is 14.8 Å². The summed E-state index contributed by atoms with van der Waals surface area (Å²) in [5, 5.41) is 11.3. The molecule has 7 heteroatoms. The Kier molecular flexibility index (Phi) is 3.70. The third-order valence-corrected chi connectivity index (χ3v) is 4.92. The van der Waals surface area contributed by atoms with E-state index in [0.29, 0.717) is 16.6 Å². The molecule has 0 fully saturated rings. The summed E-state index contributed by atoms with van der Waals surface area (Å²) < 4.78 is 7.63. The number of rotatable bonds is 4. The molecule has 0 radical (unpaired) electrons. The van der Waals surface area contributed by atoms with Gasteiger partial charge in [-0.15, -0.1) is 0 Å². The van der Waals surface area contributed by atoms with E-state index < -0.39 is 0 Å². The smallest absolute Gasteiger partial charge is 0.282 e. The van der Waals surface area contributed by atoms with Crippen LogP contribution in [-0.4, -0.2) is 28.1 Å². The van der Waals surface area contributed by atoms with E-state index >= 15 is 0 Å². The highest BCUT2D eigenvalue weighted by Gasteiger charge is 2.17. The molecule has 0 saturated heterocycles. The Balaban J connectivity index is 1.91. The van der Waals surface area contributed by atoms with Gasteiger partial charge in [-0.2, -0.15) is 4.68 Å². The number of para-hydroxylation sites is 1. The molecular formula is C18H14N4O2S. The van der Waals surface area contributed by atoms with Gasteiger partial charge in [-0.05, 0) is 24.3 Å². The second kappa shape index (κ2) is 6.03. The van der Waals surface area contributed by atoms with Crippen molar-refractivity contribution in [2.24, 2.45) is 0 Å². The number of hydrogen-bond acceptors (Lipinski definition) is 5. The van der Waals surface area contributed by atoms with Crippen LogP contribution >= 0.6 is 11.3 Å². The molecule has 0 aliphatic carbocycles. The van der Waals surface area contributed by atoms with Crippen LogP contribution in [0.5, 0.6) is 5.75 Å². The van der Waals surface area contributed by atoms with Gasteiger partial charge in [0.05, 0.1) is 28.6 Å². The normalized spacial score (nSPS) is 10.9. The molecular weight excluding hydrogens is 336 g/mol. The van der Waals surface area contributed by atoms with Gasteiger partial charge in [0.25, 0.3) is 5.56 Å². The van der Waals surface area contributed by atoms with Gasteiger partial charge in [0.2, 0.25) is 5.13 Å². The number of aromatic nitrogens is 3. The third kappa shape index (κ3) is 2.54. The summed E-state index contributed by atoms with van der Waals surface area (Å²) in [6.07, 6.45) is 1.07. The van der Waals surface area contributed by atoms with Crippen molar-refractivity contribution in [1.29, 1.82) is 5.41 Å². The molecule has 0 atom stereocenters.